The van der Waals surface area contributed by atoms with E-state index in [1.165, 1.54) is 31.2 Å². The van der Waals surface area contributed by atoms with Crippen LogP contribution in [0.1, 0.15) is 72.8 Å². The number of amides is 9. The lowest BCUT2D eigenvalue weighted by atomic mass is 9.95. The van der Waals surface area contributed by atoms with E-state index in [4.69, 9.17) is 29.4 Å². The third-order valence-electron chi connectivity index (χ3n) is 12.7. The van der Waals surface area contributed by atoms with Crippen molar-refractivity contribution in [3.8, 4) is 5.75 Å². The number of aromatic hydroxyl groups is 1. The van der Waals surface area contributed by atoms with Crippen molar-refractivity contribution in [1.82, 2.24) is 41.7 Å². The quantitative estimate of drug-likeness (QED) is 0.0321. The van der Waals surface area contributed by atoms with Gasteiger partial charge in [0.1, 0.15) is 66.8 Å². The van der Waals surface area contributed by atoms with Gasteiger partial charge in [-0.15, -0.1) is 0 Å². The van der Waals surface area contributed by atoms with Gasteiger partial charge in [-0.2, -0.15) is 0 Å². The molecule has 0 spiro atoms. The van der Waals surface area contributed by atoms with Gasteiger partial charge in [-0.05, 0) is 50.3 Å². The van der Waals surface area contributed by atoms with E-state index in [1.807, 2.05) is 0 Å². The van der Waals surface area contributed by atoms with Crippen LogP contribution in [0.25, 0.3) is 0 Å². The number of benzene rings is 1. The van der Waals surface area contributed by atoms with Crippen molar-refractivity contribution in [2.45, 2.75) is 153 Å². The lowest BCUT2D eigenvalue weighted by molar-refractivity contribution is -0.287. The molecule has 3 heterocycles. The molecule has 0 aromatic heterocycles. The van der Waals surface area contributed by atoms with E-state index >= 15 is 0 Å². The molecule has 4 rings (SSSR count). The number of hydrogen-bond acceptors (Lipinski definition) is 21. The van der Waals surface area contributed by atoms with Crippen molar-refractivity contribution in [3.63, 3.8) is 0 Å². The van der Waals surface area contributed by atoms with Crippen LogP contribution in [0.15, 0.2) is 24.3 Å². The van der Waals surface area contributed by atoms with Gasteiger partial charge in [-0.3, -0.25) is 57.5 Å². The summed E-state index contributed by atoms with van der Waals surface area (Å²) in [6.45, 7) is 2.72. The number of carbonyl (C=O) groups excluding carboxylic acids is 12. The zero-order valence-corrected chi connectivity index (χ0v) is 43.8. The zero-order chi connectivity index (χ0) is 58.1. The Morgan fingerprint density at radius 2 is 1.17 bits per heavy atom. The minimum atomic E-state index is -1.98. The summed E-state index contributed by atoms with van der Waals surface area (Å²) in [7, 11) is 0. The summed E-state index contributed by atoms with van der Waals surface area (Å²) in [5.74, 6) is -11.2. The summed E-state index contributed by atoms with van der Waals surface area (Å²) in [6, 6.07) is -6.85. The van der Waals surface area contributed by atoms with Gasteiger partial charge in [0, 0.05) is 54.1 Å². The summed E-state index contributed by atoms with van der Waals surface area (Å²) < 4.78 is 28.5. The molecule has 0 unspecified atom stereocenters. The van der Waals surface area contributed by atoms with Crippen LogP contribution < -0.4 is 37.6 Å². The summed E-state index contributed by atoms with van der Waals surface area (Å²) in [6.07, 6.45) is -7.88. The van der Waals surface area contributed by atoms with Crippen LogP contribution in [0.5, 0.6) is 5.75 Å². The van der Waals surface area contributed by atoms with Gasteiger partial charge in [-0.1, -0.05) is 12.1 Å². The molecule has 0 aliphatic carbocycles. The summed E-state index contributed by atoms with van der Waals surface area (Å²) in [5, 5.41) is 54.8. The Morgan fingerprint density at radius 3 is 1.64 bits per heavy atom. The standard InChI is InChI=1S/C48H69N9O21/c1-22(75-48-38(51-24(3)62)40(77-27(6)65)39(76-26(5)64)36(78-48)21-74-25(4)63)37(45(71)54-33(20-60)47(73)56-15-7-9-34(56)43(69)52-31(18-58)41(49)67)55-44(70)35-10-8-16-57(35)46(72)32(19-59)53-42(68)30(50-23(2)61)17-28-11-13-29(66)14-12-28/h11-14,22,30-40,48,58-60,66H,7-10,15-21H2,1-6H3,(H2,49,67)(H,50,61)(H,51,62)(H,52,69)(H,53,68)(H,54,71)(H,55,70)/t22-,30+,31+,32+,33+,34+,35+,36-,37+,38-,39-,40-,48-/m1/s1. The first kappa shape index (κ1) is 63.0. The molecular formula is C48H69N9O21. The number of nitrogens with two attached hydrogens (primary N) is 1. The van der Waals surface area contributed by atoms with E-state index in [0.29, 0.717) is 5.56 Å². The molecule has 3 saturated heterocycles. The van der Waals surface area contributed by atoms with Crippen LogP contribution in [0.2, 0.25) is 0 Å². The van der Waals surface area contributed by atoms with Gasteiger partial charge >= 0.3 is 17.9 Å². The highest BCUT2D eigenvalue weighted by Gasteiger charge is 2.53. The number of aliphatic hydroxyl groups is 3. The molecular weight excluding hydrogens is 1040 g/mol. The molecule has 12 N–H and O–H groups in total. The number of nitrogens with one attached hydrogen (secondary N) is 6. The van der Waals surface area contributed by atoms with Gasteiger partial charge in [0.05, 0.1) is 25.9 Å². The van der Waals surface area contributed by atoms with Gasteiger partial charge in [-0.25, -0.2) is 0 Å². The smallest absolute Gasteiger partial charge is 0.303 e. The molecule has 9 amide bonds. The number of phenols is 1. The molecule has 0 radical (unpaired) electrons. The van der Waals surface area contributed by atoms with E-state index in [1.54, 1.807) is 0 Å². The maximum Gasteiger partial charge on any atom is 0.303 e. The Hall–Kier alpha value is -7.54. The van der Waals surface area contributed by atoms with Crippen molar-refractivity contribution < 1.29 is 102 Å². The lowest BCUT2D eigenvalue weighted by Crippen LogP contribution is -2.68. The van der Waals surface area contributed by atoms with Crippen molar-refractivity contribution in [1.29, 1.82) is 0 Å². The van der Waals surface area contributed by atoms with Crippen LogP contribution in [0, 0.1) is 0 Å². The molecule has 13 atom stereocenters. The summed E-state index contributed by atoms with van der Waals surface area (Å²) >= 11 is 0. The van der Waals surface area contributed by atoms with Gasteiger partial charge < -0.3 is 91.5 Å². The maximum absolute atomic E-state index is 14.7. The normalized spacial score (nSPS) is 23.1. The van der Waals surface area contributed by atoms with E-state index in [0.717, 1.165) is 44.4 Å². The van der Waals surface area contributed by atoms with Crippen molar-refractivity contribution in [2.24, 2.45) is 5.73 Å². The number of ether oxygens (including phenoxy) is 5. The number of primary amides is 1. The second kappa shape index (κ2) is 29.3. The van der Waals surface area contributed by atoms with Crippen LogP contribution in [-0.2, 0) is 87.6 Å². The number of esters is 3. The predicted molar refractivity (Wildman–Crippen MR) is 262 cm³/mol. The number of nitrogens with zero attached hydrogens (tertiary/aromatic N) is 2. The molecule has 432 valence electrons. The number of hydrogen-bond donors (Lipinski definition) is 11. The molecule has 1 aromatic rings. The first-order chi connectivity index (χ1) is 36.8. The molecule has 0 bridgehead atoms. The maximum atomic E-state index is 14.7. The molecule has 3 aliphatic heterocycles. The van der Waals surface area contributed by atoms with Gasteiger partial charge in [0.25, 0.3) is 0 Å². The highest BCUT2D eigenvalue weighted by atomic mass is 16.7. The molecule has 3 fully saturated rings. The van der Waals surface area contributed by atoms with Gasteiger partial charge in [0.2, 0.25) is 53.2 Å². The largest absolute Gasteiger partial charge is 0.508 e. The average Bonchev–Trinajstić information content (AvgIpc) is 4.08. The fraction of sp³-hybridized carbons (Fsp3) is 0.625. The van der Waals surface area contributed by atoms with E-state index in [2.05, 4.69) is 31.9 Å². The SMILES string of the molecule is CC(=O)N[C@H]1[C@H](O[C@H](C)[C@H](NC(=O)[C@@H]2CCCN2C(=O)[C@H](CO)NC(=O)[C@H](Cc2ccc(O)cc2)NC(C)=O)C(=O)N[C@@H](CO)C(=O)N2CCC[C@H]2C(=O)N[C@@H](CO)C(N)=O)O[C@H](COC(C)=O)[C@@H](OC(C)=O)[C@@H]1OC(C)=O. The number of rotatable bonds is 25. The second-order valence-corrected chi connectivity index (χ2v) is 18.7. The third kappa shape index (κ3) is 17.5. The number of carbonyl (C=O) groups is 12. The minimum absolute atomic E-state index is 0.0541. The Kier molecular flexibility index (Phi) is 23.6. The third-order valence-corrected chi connectivity index (χ3v) is 12.7. The Labute approximate surface area is 447 Å². The van der Waals surface area contributed by atoms with Crippen LogP contribution in [0.3, 0.4) is 0 Å². The highest BCUT2D eigenvalue weighted by Crippen LogP contribution is 2.30. The fourth-order valence-electron chi connectivity index (χ4n) is 9.05. The zero-order valence-electron chi connectivity index (χ0n) is 43.8. The van der Waals surface area contributed by atoms with Crippen LogP contribution >= 0.6 is 0 Å². The molecule has 3 aliphatic rings. The topological polar surface area (TPSA) is 437 Å². The number of phenolic OH excluding ortho intramolecular Hbond substituents is 1. The molecule has 30 heteroatoms. The second-order valence-electron chi connectivity index (χ2n) is 18.7. The van der Waals surface area contributed by atoms with E-state index in [-0.39, 0.29) is 50.9 Å². The highest BCUT2D eigenvalue weighted by molar-refractivity contribution is 5.98. The minimum Gasteiger partial charge on any atom is -0.508 e. The Morgan fingerprint density at radius 1 is 0.654 bits per heavy atom. The predicted octanol–water partition coefficient (Wildman–Crippen LogP) is -6.12. The monoisotopic (exact) mass is 1110 g/mol. The Bertz CT molecular complexity index is 2380. The first-order valence-corrected chi connectivity index (χ1v) is 24.9. The average molecular weight is 1110 g/mol. The Balaban J connectivity index is 1.71. The summed E-state index contributed by atoms with van der Waals surface area (Å²) in [4.78, 5) is 160. The molecule has 78 heavy (non-hydrogen) atoms. The number of aliphatic hydroxyl groups excluding tert-OH is 3. The molecule has 1 aromatic carbocycles. The van der Waals surface area contributed by atoms with Crippen molar-refractivity contribution in [3.05, 3.63) is 29.8 Å². The van der Waals surface area contributed by atoms with E-state index < -0.39 is 177 Å². The van der Waals surface area contributed by atoms with Crippen LogP contribution in [-0.4, -0.2) is 220 Å². The first-order valence-electron chi connectivity index (χ1n) is 24.9. The van der Waals surface area contributed by atoms with Crippen molar-refractivity contribution in [2.75, 3.05) is 39.5 Å². The molecule has 30 nitrogen and oxygen atoms in total. The molecule has 0 saturated carbocycles. The van der Waals surface area contributed by atoms with Crippen LogP contribution in [0.4, 0.5) is 0 Å². The number of likely N-dealkylation sites (tertiary alicyclic amines) is 2. The van der Waals surface area contributed by atoms with Gasteiger partial charge in [0.15, 0.2) is 18.5 Å². The van der Waals surface area contributed by atoms with E-state index in [9.17, 15) is 78.0 Å². The lowest BCUT2D eigenvalue weighted by Gasteiger charge is -2.46. The fourth-order valence-corrected chi connectivity index (χ4v) is 9.05. The van der Waals surface area contributed by atoms with Crippen molar-refractivity contribution >= 4 is 71.1 Å². The summed E-state index contributed by atoms with van der Waals surface area (Å²) in [5.41, 5.74) is 5.77.